The lowest BCUT2D eigenvalue weighted by molar-refractivity contribution is -0.138. The summed E-state index contributed by atoms with van der Waals surface area (Å²) in [6.45, 7) is 2.39. The predicted octanol–water partition coefficient (Wildman–Crippen LogP) is 2.91. The van der Waals surface area contributed by atoms with Crippen molar-refractivity contribution in [2.24, 2.45) is 5.92 Å². The van der Waals surface area contributed by atoms with Gasteiger partial charge in [-0.05, 0) is 47.8 Å². The van der Waals surface area contributed by atoms with Crippen molar-refractivity contribution in [2.45, 2.75) is 19.8 Å². The Hall–Kier alpha value is -1.93. The molecule has 24 heavy (non-hydrogen) atoms. The quantitative estimate of drug-likeness (QED) is 0.800. The van der Waals surface area contributed by atoms with Crippen molar-refractivity contribution < 1.29 is 14.7 Å². The zero-order valence-electron chi connectivity index (χ0n) is 12.9. The van der Waals surface area contributed by atoms with Gasteiger partial charge in [-0.15, -0.1) is 0 Å². The van der Waals surface area contributed by atoms with Gasteiger partial charge in [0, 0.05) is 18.8 Å². The van der Waals surface area contributed by atoms with E-state index in [1.54, 1.807) is 24.4 Å². The Labute approximate surface area is 152 Å². The lowest BCUT2D eigenvalue weighted by Gasteiger charge is -2.07. The van der Waals surface area contributed by atoms with Crippen LogP contribution in [0.25, 0.3) is 5.82 Å². The number of halogens is 2. The Kier molecular flexibility index (Phi) is 6.33. The van der Waals surface area contributed by atoms with Gasteiger partial charge in [-0.2, -0.15) is 5.10 Å². The summed E-state index contributed by atoms with van der Waals surface area (Å²) in [5.74, 6) is -0.413. The largest absolute Gasteiger partial charge is 0.481 e. The standard InChI is InChI=1S/C11H10BrClN4O.C4H6O2/c1-2-14-11(18)8-6-9(12)16-17(8)10-7(13)4-3-5-15-10;5-4(6)3-1-2-3/h3-6H,2H2,1H3,(H,14,18);3H,1-2H2,(H,5,6). The average molecular weight is 416 g/mol. The number of aliphatic carboxylic acids is 1. The number of nitrogens with one attached hydrogen (secondary N) is 1. The zero-order valence-corrected chi connectivity index (χ0v) is 15.2. The van der Waals surface area contributed by atoms with Crippen molar-refractivity contribution in [1.82, 2.24) is 20.1 Å². The van der Waals surface area contributed by atoms with Gasteiger partial charge in [0.05, 0.1) is 10.9 Å². The fourth-order valence-electron chi connectivity index (χ4n) is 1.79. The third-order valence-corrected chi connectivity index (χ3v) is 3.80. The number of carbonyl (C=O) groups is 2. The molecule has 0 unspecified atom stereocenters. The van der Waals surface area contributed by atoms with Crippen LogP contribution in [0.1, 0.15) is 30.3 Å². The molecule has 0 spiro atoms. The normalized spacial score (nSPS) is 13.0. The topological polar surface area (TPSA) is 97.1 Å². The first-order valence-corrected chi connectivity index (χ1v) is 8.48. The molecule has 3 rings (SSSR count). The minimum absolute atomic E-state index is 0.0185. The number of carboxylic acids is 1. The smallest absolute Gasteiger partial charge is 0.306 e. The average Bonchev–Trinajstić information content (AvgIpc) is 3.32. The summed E-state index contributed by atoms with van der Waals surface area (Å²) in [5, 5.41) is 15.4. The van der Waals surface area contributed by atoms with Gasteiger partial charge in [0.2, 0.25) is 0 Å². The van der Waals surface area contributed by atoms with Crippen molar-refractivity contribution in [1.29, 1.82) is 0 Å². The number of hydrogen-bond donors (Lipinski definition) is 2. The molecule has 1 amide bonds. The number of rotatable bonds is 4. The first-order valence-electron chi connectivity index (χ1n) is 7.31. The second-order valence-corrected chi connectivity index (χ2v) is 6.26. The van der Waals surface area contributed by atoms with Crippen molar-refractivity contribution in [3.8, 4) is 5.82 Å². The molecule has 2 heterocycles. The van der Waals surface area contributed by atoms with E-state index in [1.165, 1.54) is 4.68 Å². The van der Waals surface area contributed by atoms with Crippen molar-refractivity contribution in [3.05, 3.63) is 39.7 Å². The van der Waals surface area contributed by atoms with Gasteiger partial charge in [0.25, 0.3) is 5.91 Å². The van der Waals surface area contributed by atoms with E-state index in [1.807, 2.05) is 6.92 Å². The first-order chi connectivity index (χ1) is 11.4. The fraction of sp³-hybridized carbons (Fsp3) is 0.333. The number of amides is 1. The Morgan fingerprint density at radius 1 is 1.50 bits per heavy atom. The second-order valence-electron chi connectivity index (χ2n) is 5.04. The highest BCUT2D eigenvalue weighted by Crippen LogP contribution is 2.28. The monoisotopic (exact) mass is 414 g/mol. The summed E-state index contributed by atoms with van der Waals surface area (Å²) in [7, 11) is 0. The number of carboxylic acid groups (broad SMARTS) is 1. The summed E-state index contributed by atoms with van der Waals surface area (Å²) in [4.78, 5) is 25.8. The molecule has 0 atom stereocenters. The molecule has 2 aromatic rings. The van der Waals surface area contributed by atoms with Crippen LogP contribution < -0.4 is 5.32 Å². The summed E-state index contributed by atoms with van der Waals surface area (Å²) in [5.41, 5.74) is 0.379. The lowest BCUT2D eigenvalue weighted by Crippen LogP contribution is -2.25. The van der Waals surface area contributed by atoms with Crippen LogP contribution in [0.2, 0.25) is 5.02 Å². The summed E-state index contributed by atoms with van der Waals surface area (Å²) >= 11 is 9.29. The maximum Gasteiger partial charge on any atom is 0.306 e. The van der Waals surface area contributed by atoms with Gasteiger partial charge >= 0.3 is 5.97 Å². The van der Waals surface area contributed by atoms with Crippen LogP contribution in [-0.2, 0) is 4.79 Å². The maximum absolute atomic E-state index is 11.9. The van der Waals surface area contributed by atoms with Crippen molar-refractivity contribution in [3.63, 3.8) is 0 Å². The molecule has 0 saturated heterocycles. The molecule has 1 aliphatic carbocycles. The highest BCUT2D eigenvalue weighted by molar-refractivity contribution is 9.10. The van der Waals surface area contributed by atoms with Crippen LogP contribution in [0.3, 0.4) is 0 Å². The Balaban J connectivity index is 0.000000292. The predicted molar refractivity (Wildman–Crippen MR) is 92.4 cm³/mol. The van der Waals surface area contributed by atoms with Crippen molar-refractivity contribution >= 4 is 39.4 Å². The zero-order chi connectivity index (χ0) is 17.7. The van der Waals surface area contributed by atoms with Gasteiger partial charge in [-0.3, -0.25) is 9.59 Å². The number of carbonyl (C=O) groups excluding carboxylic acids is 1. The lowest BCUT2D eigenvalue weighted by atomic mass is 10.4. The summed E-state index contributed by atoms with van der Waals surface area (Å²) in [6, 6.07) is 5.03. The molecule has 0 radical (unpaired) electrons. The number of pyridine rings is 1. The highest BCUT2D eigenvalue weighted by atomic mass is 79.9. The van der Waals surface area contributed by atoms with E-state index >= 15 is 0 Å². The van der Waals surface area contributed by atoms with Gasteiger partial charge < -0.3 is 10.4 Å². The summed E-state index contributed by atoms with van der Waals surface area (Å²) < 4.78 is 1.96. The minimum Gasteiger partial charge on any atom is -0.481 e. The van der Waals surface area contributed by atoms with Gasteiger partial charge in [-0.1, -0.05) is 11.6 Å². The summed E-state index contributed by atoms with van der Waals surface area (Å²) in [6.07, 6.45) is 3.39. The van der Waals surface area contributed by atoms with Crippen LogP contribution in [0, 0.1) is 5.92 Å². The maximum atomic E-state index is 11.9. The molecule has 2 N–H and O–H groups in total. The number of hydrogen-bond acceptors (Lipinski definition) is 4. The third kappa shape index (κ3) is 4.78. The van der Waals surface area contributed by atoms with E-state index in [-0.39, 0.29) is 11.8 Å². The van der Waals surface area contributed by atoms with Gasteiger partial charge in [0.15, 0.2) is 5.82 Å². The van der Waals surface area contributed by atoms with Crippen LogP contribution in [0.5, 0.6) is 0 Å². The minimum atomic E-state index is -0.630. The molecule has 0 bridgehead atoms. The molecule has 7 nitrogen and oxygen atoms in total. The van der Waals surface area contributed by atoms with Crippen LogP contribution in [0.4, 0.5) is 0 Å². The van der Waals surface area contributed by atoms with Crippen LogP contribution in [0.15, 0.2) is 29.0 Å². The molecule has 1 aliphatic rings. The van der Waals surface area contributed by atoms with E-state index < -0.39 is 5.97 Å². The Morgan fingerprint density at radius 3 is 2.71 bits per heavy atom. The number of nitrogens with zero attached hydrogens (tertiary/aromatic N) is 3. The molecule has 1 fully saturated rings. The Bertz CT molecular complexity index is 746. The fourth-order valence-corrected chi connectivity index (χ4v) is 2.37. The van der Waals surface area contributed by atoms with E-state index in [9.17, 15) is 9.59 Å². The molecular weight excluding hydrogens is 400 g/mol. The van der Waals surface area contributed by atoms with E-state index in [0.717, 1.165) is 12.8 Å². The van der Waals surface area contributed by atoms with Crippen molar-refractivity contribution in [2.75, 3.05) is 6.54 Å². The molecule has 9 heteroatoms. The number of aromatic nitrogens is 3. The highest BCUT2D eigenvalue weighted by Gasteiger charge is 2.28. The van der Waals surface area contributed by atoms with Crippen LogP contribution in [-0.4, -0.2) is 38.3 Å². The SMILES string of the molecule is CCNC(=O)c1cc(Br)nn1-c1ncccc1Cl.O=C(O)C1CC1. The molecule has 0 aromatic carbocycles. The molecule has 1 saturated carbocycles. The third-order valence-electron chi connectivity index (χ3n) is 3.12. The molecular formula is C15H16BrClN4O3. The van der Waals surface area contributed by atoms with Gasteiger partial charge in [0.1, 0.15) is 10.3 Å². The molecule has 0 aliphatic heterocycles. The second kappa shape index (κ2) is 8.25. The first kappa shape index (κ1) is 18.4. The van der Waals surface area contributed by atoms with E-state index in [0.29, 0.717) is 27.7 Å². The van der Waals surface area contributed by atoms with Gasteiger partial charge in [-0.25, -0.2) is 9.67 Å². The Morgan fingerprint density at radius 2 is 2.21 bits per heavy atom. The molecule has 2 aromatic heterocycles. The van der Waals surface area contributed by atoms with E-state index in [4.69, 9.17) is 16.7 Å². The van der Waals surface area contributed by atoms with Crippen LogP contribution >= 0.6 is 27.5 Å². The van der Waals surface area contributed by atoms with E-state index in [2.05, 4.69) is 31.3 Å². The molecule has 128 valence electrons.